The van der Waals surface area contributed by atoms with E-state index in [-0.39, 0.29) is 12.1 Å². The normalized spacial score (nSPS) is 10.4. The maximum atomic E-state index is 13.5. The number of nitrogens with zero attached hydrogens (tertiary/aromatic N) is 2. The molecule has 0 atom stereocenters. The highest BCUT2D eigenvalue weighted by molar-refractivity contribution is 5.94. The molecule has 1 amide bonds. The number of carbonyl (C=O) groups excluding carboxylic acids is 1. The van der Waals surface area contributed by atoms with E-state index in [0.717, 1.165) is 6.07 Å². The topological polar surface area (TPSA) is 84.2 Å². The number of halogens is 2. The van der Waals surface area contributed by atoms with Crippen molar-refractivity contribution in [1.29, 1.82) is 0 Å². The molecule has 0 spiro atoms. The number of hydrogen-bond donors (Lipinski definition) is 2. The molecule has 21 heavy (non-hydrogen) atoms. The van der Waals surface area contributed by atoms with E-state index in [0.29, 0.717) is 12.6 Å². The maximum absolute atomic E-state index is 13.5. The fraction of sp³-hybridized carbons (Fsp3) is 0.154. The first kappa shape index (κ1) is 14.6. The van der Waals surface area contributed by atoms with E-state index < -0.39 is 29.1 Å². The highest BCUT2D eigenvalue weighted by atomic mass is 19.1. The van der Waals surface area contributed by atoms with E-state index >= 15 is 0 Å². The van der Waals surface area contributed by atoms with Gasteiger partial charge in [-0.15, -0.1) is 0 Å². The molecule has 0 aliphatic carbocycles. The van der Waals surface area contributed by atoms with Crippen molar-refractivity contribution in [2.75, 3.05) is 5.32 Å². The van der Waals surface area contributed by atoms with Crippen LogP contribution in [-0.2, 0) is 11.3 Å². The minimum absolute atomic E-state index is 0.0373. The number of hydrogen-bond acceptors (Lipinski definition) is 3. The number of aryl methyl sites for hydroxylation is 1. The Labute approximate surface area is 118 Å². The van der Waals surface area contributed by atoms with Crippen molar-refractivity contribution in [3.05, 3.63) is 48.1 Å². The van der Waals surface area contributed by atoms with Crippen molar-refractivity contribution < 1.29 is 23.5 Å². The first-order valence-corrected chi connectivity index (χ1v) is 5.95. The van der Waals surface area contributed by atoms with Crippen molar-refractivity contribution in [1.82, 2.24) is 9.55 Å². The van der Waals surface area contributed by atoms with Crippen LogP contribution in [0.15, 0.2) is 30.9 Å². The van der Waals surface area contributed by atoms with E-state index in [9.17, 15) is 18.4 Å². The zero-order chi connectivity index (χ0) is 15.4. The summed E-state index contributed by atoms with van der Waals surface area (Å²) < 4.78 is 28.4. The Morgan fingerprint density at radius 2 is 2.05 bits per heavy atom. The van der Waals surface area contributed by atoms with E-state index in [2.05, 4.69) is 10.3 Å². The van der Waals surface area contributed by atoms with Crippen LogP contribution in [0.4, 0.5) is 14.5 Å². The number of aromatic nitrogens is 2. The third kappa shape index (κ3) is 3.62. The first-order chi connectivity index (χ1) is 9.97. The molecule has 1 aromatic heterocycles. The number of imidazole rings is 1. The number of amides is 1. The molecule has 2 rings (SSSR count). The average molecular weight is 295 g/mol. The quantitative estimate of drug-likeness (QED) is 0.882. The second-order valence-electron chi connectivity index (χ2n) is 4.22. The van der Waals surface area contributed by atoms with Gasteiger partial charge in [0, 0.05) is 31.4 Å². The fourth-order valence-electron chi connectivity index (χ4n) is 1.67. The van der Waals surface area contributed by atoms with E-state index in [1.807, 2.05) is 0 Å². The Morgan fingerprint density at radius 3 is 2.67 bits per heavy atom. The molecule has 0 saturated heterocycles. The summed E-state index contributed by atoms with van der Waals surface area (Å²) in [5.41, 5.74) is -1.08. The summed E-state index contributed by atoms with van der Waals surface area (Å²) in [6, 6.07) is 1.18. The van der Waals surface area contributed by atoms with E-state index in [1.54, 1.807) is 17.0 Å². The van der Waals surface area contributed by atoms with Crippen molar-refractivity contribution in [2.45, 2.75) is 13.0 Å². The SMILES string of the molecule is O=C(CCn1ccnc1)Nc1cc(C(=O)O)c(F)cc1F. The summed E-state index contributed by atoms with van der Waals surface area (Å²) in [6.45, 7) is 0.334. The van der Waals surface area contributed by atoms with Gasteiger partial charge in [-0.2, -0.15) is 0 Å². The number of carboxylic acids is 1. The summed E-state index contributed by atoms with van der Waals surface area (Å²) in [4.78, 5) is 26.2. The van der Waals surface area contributed by atoms with Crippen LogP contribution in [0.5, 0.6) is 0 Å². The third-order valence-electron chi connectivity index (χ3n) is 2.72. The molecule has 0 unspecified atom stereocenters. The number of nitrogens with one attached hydrogen (secondary N) is 1. The molecule has 0 aliphatic rings. The monoisotopic (exact) mass is 295 g/mol. The summed E-state index contributed by atoms with van der Waals surface area (Å²) in [6.07, 6.45) is 4.77. The molecule has 2 aromatic rings. The highest BCUT2D eigenvalue weighted by Crippen LogP contribution is 2.20. The lowest BCUT2D eigenvalue weighted by molar-refractivity contribution is -0.116. The van der Waals surface area contributed by atoms with Crippen LogP contribution in [-0.4, -0.2) is 26.5 Å². The minimum atomic E-state index is -1.54. The van der Waals surface area contributed by atoms with Crippen molar-refractivity contribution in [2.24, 2.45) is 0 Å². The van der Waals surface area contributed by atoms with Gasteiger partial charge in [-0.3, -0.25) is 4.79 Å². The Bertz CT molecular complexity index is 672. The van der Waals surface area contributed by atoms with E-state index in [4.69, 9.17) is 5.11 Å². The van der Waals surface area contributed by atoms with Crippen molar-refractivity contribution >= 4 is 17.6 Å². The molecule has 0 radical (unpaired) electrons. The van der Waals surface area contributed by atoms with Crippen LogP contribution in [0.2, 0.25) is 0 Å². The number of carbonyl (C=O) groups is 2. The molecule has 1 heterocycles. The molecule has 0 saturated carbocycles. The van der Waals surface area contributed by atoms with Gasteiger partial charge in [0.1, 0.15) is 11.6 Å². The maximum Gasteiger partial charge on any atom is 0.338 e. The molecule has 110 valence electrons. The van der Waals surface area contributed by atoms with Gasteiger partial charge in [-0.1, -0.05) is 0 Å². The number of carboxylic acid groups (broad SMARTS) is 1. The lowest BCUT2D eigenvalue weighted by Crippen LogP contribution is -2.16. The molecule has 6 nitrogen and oxygen atoms in total. The lowest BCUT2D eigenvalue weighted by atomic mass is 10.1. The predicted molar refractivity (Wildman–Crippen MR) is 68.8 cm³/mol. The number of aromatic carboxylic acids is 1. The molecular weight excluding hydrogens is 284 g/mol. The Morgan fingerprint density at radius 1 is 1.29 bits per heavy atom. The lowest BCUT2D eigenvalue weighted by Gasteiger charge is -2.08. The van der Waals surface area contributed by atoms with Crippen LogP contribution in [0.3, 0.4) is 0 Å². The molecule has 0 fully saturated rings. The van der Waals surface area contributed by atoms with Gasteiger partial charge >= 0.3 is 5.97 Å². The van der Waals surface area contributed by atoms with Gasteiger partial charge in [-0.05, 0) is 6.07 Å². The number of benzene rings is 1. The van der Waals surface area contributed by atoms with Gasteiger partial charge in [0.15, 0.2) is 0 Å². The van der Waals surface area contributed by atoms with Crippen molar-refractivity contribution in [3.63, 3.8) is 0 Å². The molecule has 0 bridgehead atoms. The molecule has 8 heteroatoms. The van der Waals surface area contributed by atoms with Crippen LogP contribution < -0.4 is 5.32 Å². The largest absolute Gasteiger partial charge is 0.478 e. The van der Waals surface area contributed by atoms with Gasteiger partial charge in [-0.25, -0.2) is 18.6 Å². The molecular formula is C13H11F2N3O3. The molecule has 1 aromatic carbocycles. The second-order valence-corrected chi connectivity index (χ2v) is 4.22. The van der Waals surface area contributed by atoms with Gasteiger partial charge in [0.25, 0.3) is 0 Å². The highest BCUT2D eigenvalue weighted by Gasteiger charge is 2.16. The smallest absolute Gasteiger partial charge is 0.338 e. The second kappa shape index (κ2) is 6.12. The zero-order valence-corrected chi connectivity index (χ0v) is 10.7. The summed E-state index contributed by atoms with van der Waals surface area (Å²) in [7, 11) is 0. The molecule has 0 aliphatic heterocycles. The van der Waals surface area contributed by atoms with Gasteiger partial charge in [0.05, 0.1) is 17.6 Å². The number of rotatable bonds is 5. The molecule has 2 N–H and O–H groups in total. The third-order valence-corrected chi connectivity index (χ3v) is 2.72. The number of anilines is 1. The predicted octanol–water partition coefficient (Wildman–Crippen LogP) is 1.89. The summed E-state index contributed by atoms with van der Waals surface area (Å²) >= 11 is 0. The van der Waals surface area contributed by atoms with Gasteiger partial charge in [0.2, 0.25) is 5.91 Å². The van der Waals surface area contributed by atoms with Crippen LogP contribution in [0.25, 0.3) is 0 Å². The van der Waals surface area contributed by atoms with Crippen molar-refractivity contribution in [3.8, 4) is 0 Å². The fourth-order valence-corrected chi connectivity index (χ4v) is 1.67. The Hall–Kier alpha value is -2.77. The van der Waals surface area contributed by atoms with Gasteiger partial charge < -0.3 is 15.0 Å². The van der Waals surface area contributed by atoms with Crippen LogP contribution in [0.1, 0.15) is 16.8 Å². The summed E-state index contributed by atoms with van der Waals surface area (Å²) in [5, 5.41) is 11.0. The Balaban J connectivity index is 2.06. The first-order valence-electron chi connectivity index (χ1n) is 5.95. The average Bonchev–Trinajstić information content (AvgIpc) is 2.92. The van der Waals surface area contributed by atoms with E-state index in [1.165, 1.54) is 6.33 Å². The minimum Gasteiger partial charge on any atom is -0.478 e. The van der Waals surface area contributed by atoms with Crippen LogP contribution in [0, 0.1) is 11.6 Å². The van der Waals surface area contributed by atoms with Crippen LogP contribution >= 0.6 is 0 Å². The zero-order valence-electron chi connectivity index (χ0n) is 10.7. The summed E-state index contributed by atoms with van der Waals surface area (Å²) in [5.74, 6) is -4.29. The standard InChI is InChI=1S/C13H11F2N3O3/c14-9-6-10(15)11(5-8(9)13(20)21)17-12(19)1-3-18-4-2-16-7-18/h2,4-7H,1,3H2,(H,17,19)(H,20,21). The Kier molecular flexibility index (Phi) is 4.27.